The Labute approximate surface area is 97.8 Å². The van der Waals surface area contributed by atoms with E-state index >= 15 is 0 Å². The summed E-state index contributed by atoms with van der Waals surface area (Å²) in [5, 5.41) is 8.28. The number of carboxylic acids is 1. The number of benzene rings is 1. The molecule has 0 aliphatic carbocycles. The van der Waals surface area contributed by atoms with Crippen LogP contribution < -0.4 is 0 Å². The van der Waals surface area contributed by atoms with E-state index in [2.05, 4.69) is 9.97 Å². The highest BCUT2D eigenvalue weighted by molar-refractivity contribution is 5.84. The molecule has 2 aromatic rings. The number of aldehydes is 1. The van der Waals surface area contributed by atoms with Crippen LogP contribution in [0.15, 0.2) is 48.9 Å². The van der Waals surface area contributed by atoms with E-state index in [0.29, 0.717) is 0 Å². The SMILES string of the molecule is O=C(O)c1cnccn1.O=Cc1ccccc1. The van der Waals surface area contributed by atoms with Crippen molar-refractivity contribution in [1.82, 2.24) is 9.97 Å². The molecule has 0 atom stereocenters. The molecule has 0 amide bonds. The maximum absolute atomic E-state index is 10.1. The van der Waals surface area contributed by atoms with E-state index in [0.717, 1.165) is 11.8 Å². The van der Waals surface area contributed by atoms with Gasteiger partial charge in [0.05, 0.1) is 6.20 Å². The first-order valence-corrected chi connectivity index (χ1v) is 4.73. The molecular formula is C12H10N2O3. The Hall–Kier alpha value is -2.56. The number of nitrogens with zero attached hydrogens (tertiary/aromatic N) is 2. The van der Waals surface area contributed by atoms with Crippen LogP contribution in [0.25, 0.3) is 0 Å². The number of carbonyl (C=O) groups is 2. The van der Waals surface area contributed by atoms with E-state index in [9.17, 15) is 9.59 Å². The molecule has 0 fully saturated rings. The smallest absolute Gasteiger partial charge is 0.356 e. The van der Waals surface area contributed by atoms with Gasteiger partial charge in [0, 0.05) is 18.0 Å². The molecule has 1 heterocycles. The lowest BCUT2D eigenvalue weighted by Gasteiger charge is -1.86. The third-order valence-corrected chi connectivity index (χ3v) is 1.72. The summed E-state index contributed by atoms with van der Waals surface area (Å²) in [4.78, 5) is 27.2. The number of aromatic nitrogens is 2. The maximum atomic E-state index is 10.1. The molecule has 17 heavy (non-hydrogen) atoms. The van der Waals surface area contributed by atoms with Crippen LogP contribution in [-0.2, 0) is 0 Å². The van der Waals surface area contributed by atoms with Crippen molar-refractivity contribution in [2.75, 3.05) is 0 Å². The maximum Gasteiger partial charge on any atom is 0.356 e. The molecule has 0 radical (unpaired) electrons. The van der Waals surface area contributed by atoms with E-state index in [4.69, 9.17) is 5.11 Å². The second kappa shape index (κ2) is 6.84. The Bertz CT molecular complexity index is 472. The standard InChI is InChI=1S/C7H6O.C5H4N2O2/c8-6-7-4-2-1-3-5-7;8-5(9)4-3-6-1-2-7-4/h1-6H;1-3H,(H,8,9). The highest BCUT2D eigenvalue weighted by Gasteiger charge is 2.00. The van der Waals surface area contributed by atoms with Gasteiger partial charge in [-0.3, -0.25) is 9.78 Å². The Balaban J connectivity index is 0.000000171. The third kappa shape index (κ3) is 4.65. The molecule has 0 unspecified atom stereocenters. The van der Waals surface area contributed by atoms with Gasteiger partial charge < -0.3 is 5.11 Å². The highest BCUT2D eigenvalue weighted by atomic mass is 16.4. The first-order valence-electron chi connectivity index (χ1n) is 4.73. The Kier molecular flexibility index (Phi) is 5.03. The fraction of sp³-hybridized carbons (Fsp3) is 0. The molecule has 0 saturated heterocycles. The Morgan fingerprint density at radius 3 is 2.24 bits per heavy atom. The van der Waals surface area contributed by atoms with Gasteiger partial charge in [0.15, 0.2) is 5.69 Å². The molecule has 0 saturated carbocycles. The van der Waals surface area contributed by atoms with Crippen LogP contribution in [0, 0.1) is 0 Å². The Morgan fingerprint density at radius 1 is 1.18 bits per heavy atom. The molecule has 86 valence electrons. The topological polar surface area (TPSA) is 80.2 Å². The van der Waals surface area contributed by atoms with Gasteiger partial charge in [0.1, 0.15) is 6.29 Å². The van der Waals surface area contributed by atoms with Crippen molar-refractivity contribution in [2.45, 2.75) is 0 Å². The fourth-order valence-corrected chi connectivity index (χ4v) is 0.941. The van der Waals surface area contributed by atoms with E-state index in [1.807, 2.05) is 18.2 Å². The van der Waals surface area contributed by atoms with Gasteiger partial charge in [-0.1, -0.05) is 30.3 Å². The van der Waals surface area contributed by atoms with Crippen molar-refractivity contribution in [3.63, 3.8) is 0 Å². The summed E-state index contributed by atoms with van der Waals surface area (Å²) in [6.07, 6.45) is 4.79. The largest absolute Gasteiger partial charge is 0.476 e. The molecule has 2 rings (SSSR count). The molecule has 0 bridgehead atoms. The van der Waals surface area contributed by atoms with E-state index < -0.39 is 5.97 Å². The zero-order chi connectivity index (χ0) is 12.5. The van der Waals surface area contributed by atoms with Crippen molar-refractivity contribution in [2.24, 2.45) is 0 Å². The quantitative estimate of drug-likeness (QED) is 0.794. The summed E-state index contributed by atoms with van der Waals surface area (Å²) >= 11 is 0. The van der Waals surface area contributed by atoms with Gasteiger partial charge in [0.2, 0.25) is 0 Å². The minimum absolute atomic E-state index is 0.0301. The van der Waals surface area contributed by atoms with E-state index in [1.165, 1.54) is 18.6 Å². The lowest BCUT2D eigenvalue weighted by atomic mass is 10.2. The van der Waals surface area contributed by atoms with Crippen LogP contribution in [0.5, 0.6) is 0 Å². The second-order valence-corrected chi connectivity index (χ2v) is 2.92. The average molecular weight is 230 g/mol. The summed E-state index contributed by atoms with van der Waals surface area (Å²) in [5.41, 5.74) is 0.699. The van der Waals surface area contributed by atoms with E-state index in [-0.39, 0.29) is 5.69 Å². The first kappa shape index (κ1) is 12.5. The van der Waals surface area contributed by atoms with Crippen molar-refractivity contribution in [3.8, 4) is 0 Å². The van der Waals surface area contributed by atoms with Crippen LogP contribution >= 0.6 is 0 Å². The molecule has 1 aromatic carbocycles. The lowest BCUT2D eigenvalue weighted by molar-refractivity contribution is 0.0690. The molecular weight excluding hydrogens is 220 g/mol. The predicted octanol–water partition coefficient (Wildman–Crippen LogP) is 1.67. The van der Waals surface area contributed by atoms with Crippen LogP contribution in [-0.4, -0.2) is 27.3 Å². The molecule has 5 nitrogen and oxygen atoms in total. The van der Waals surface area contributed by atoms with Crippen molar-refractivity contribution in [1.29, 1.82) is 0 Å². The van der Waals surface area contributed by atoms with E-state index in [1.54, 1.807) is 12.1 Å². The third-order valence-electron chi connectivity index (χ3n) is 1.72. The van der Waals surface area contributed by atoms with Crippen LogP contribution in [0.2, 0.25) is 0 Å². The summed E-state index contributed by atoms with van der Waals surface area (Å²) < 4.78 is 0. The van der Waals surface area contributed by atoms with Crippen molar-refractivity contribution < 1.29 is 14.7 Å². The van der Waals surface area contributed by atoms with Gasteiger partial charge in [-0.25, -0.2) is 9.78 Å². The van der Waals surface area contributed by atoms with Crippen molar-refractivity contribution >= 4 is 12.3 Å². The number of rotatable bonds is 2. The molecule has 1 aromatic heterocycles. The van der Waals surface area contributed by atoms with Crippen LogP contribution in [0.4, 0.5) is 0 Å². The summed E-state index contributed by atoms with van der Waals surface area (Å²) in [5.74, 6) is -1.05. The molecule has 0 spiro atoms. The molecule has 5 heteroatoms. The van der Waals surface area contributed by atoms with Gasteiger partial charge in [-0.05, 0) is 0 Å². The van der Waals surface area contributed by atoms with Gasteiger partial charge in [-0.15, -0.1) is 0 Å². The molecule has 0 aliphatic heterocycles. The number of hydrogen-bond donors (Lipinski definition) is 1. The predicted molar refractivity (Wildman–Crippen MR) is 60.8 cm³/mol. The number of hydrogen-bond acceptors (Lipinski definition) is 4. The Morgan fingerprint density at radius 2 is 1.88 bits per heavy atom. The van der Waals surface area contributed by atoms with Gasteiger partial charge >= 0.3 is 5.97 Å². The molecule has 1 N–H and O–H groups in total. The second-order valence-electron chi connectivity index (χ2n) is 2.92. The number of aromatic carboxylic acids is 1. The van der Waals surface area contributed by atoms with Crippen LogP contribution in [0.3, 0.4) is 0 Å². The van der Waals surface area contributed by atoms with Crippen LogP contribution in [0.1, 0.15) is 20.8 Å². The minimum Gasteiger partial charge on any atom is -0.476 e. The summed E-state index contributed by atoms with van der Waals surface area (Å²) in [7, 11) is 0. The van der Waals surface area contributed by atoms with Gasteiger partial charge in [0.25, 0.3) is 0 Å². The minimum atomic E-state index is -1.05. The summed E-state index contributed by atoms with van der Waals surface area (Å²) in [6, 6.07) is 9.10. The zero-order valence-corrected chi connectivity index (χ0v) is 8.85. The zero-order valence-electron chi connectivity index (χ0n) is 8.85. The number of carboxylic acid groups (broad SMARTS) is 1. The van der Waals surface area contributed by atoms with Crippen molar-refractivity contribution in [3.05, 3.63) is 60.2 Å². The fourth-order valence-electron chi connectivity index (χ4n) is 0.941. The lowest BCUT2D eigenvalue weighted by Crippen LogP contribution is -1.99. The van der Waals surface area contributed by atoms with Gasteiger partial charge in [-0.2, -0.15) is 0 Å². The monoisotopic (exact) mass is 230 g/mol. The summed E-state index contributed by atoms with van der Waals surface area (Å²) in [6.45, 7) is 0. The average Bonchev–Trinajstić information content (AvgIpc) is 2.41. The molecule has 0 aliphatic rings. The highest BCUT2D eigenvalue weighted by Crippen LogP contribution is 1.91. The normalized spacial score (nSPS) is 8.71. The first-order chi connectivity index (χ1) is 8.24. The number of carbonyl (C=O) groups excluding carboxylic acids is 1.